The van der Waals surface area contributed by atoms with Gasteiger partial charge in [-0.3, -0.25) is 9.36 Å². The Hall–Kier alpha value is -2.87. The van der Waals surface area contributed by atoms with Crippen molar-refractivity contribution in [3.63, 3.8) is 0 Å². The predicted octanol–water partition coefficient (Wildman–Crippen LogP) is 4.48. The van der Waals surface area contributed by atoms with Gasteiger partial charge in [-0.05, 0) is 42.0 Å². The smallest absolute Gasteiger partial charge is 0.347 e. The van der Waals surface area contributed by atoms with Crippen LogP contribution in [0.15, 0.2) is 60.8 Å². The summed E-state index contributed by atoms with van der Waals surface area (Å²) in [7, 11) is 0. The molecule has 3 rings (SSSR count). The summed E-state index contributed by atoms with van der Waals surface area (Å²) in [5, 5.41) is 2.69. The number of halogens is 3. The number of para-hydroxylation sites is 1. The van der Waals surface area contributed by atoms with Crippen molar-refractivity contribution in [2.45, 2.75) is 12.7 Å². The maximum atomic E-state index is 12.6. The second-order valence-corrected chi connectivity index (χ2v) is 5.91. The zero-order valence-electron chi connectivity index (χ0n) is 13.4. The molecule has 0 bridgehead atoms. The molecule has 0 saturated carbocycles. The van der Waals surface area contributed by atoms with Crippen LogP contribution in [-0.4, -0.2) is 15.5 Å². The third kappa shape index (κ3) is 3.85. The molecule has 3 aromatic rings. The lowest BCUT2D eigenvalue weighted by atomic mass is 10.1. The number of aromatic amines is 1. The van der Waals surface area contributed by atoms with Crippen LogP contribution in [0.5, 0.6) is 0 Å². The predicted molar refractivity (Wildman–Crippen MR) is 93.6 cm³/mol. The molecule has 0 aliphatic carbocycles. The number of imidazole rings is 1. The molecule has 1 heterocycles. The summed E-state index contributed by atoms with van der Waals surface area (Å²) in [6.45, 7) is 0.101. The number of H-pyrrole nitrogens is 1. The van der Waals surface area contributed by atoms with Crippen LogP contribution in [0.2, 0.25) is 0 Å². The fourth-order valence-electron chi connectivity index (χ4n) is 2.45. The van der Waals surface area contributed by atoms with Gasteiger partial charge in [0, 0.05) is 18.4 Å². The Bertz CT molecular complexity index is 960. The normalized spacial score (nSPS) is 11.3. The van der Waals surface area contributed by atoms with Gasteiger partial charge in [-0.25, -0.2) is 0 Å². The van der Waals surface area contributed by atoms with Gasteiger partial charge in [0.2, 0.25) is 0 Å². The molecular formula is C18H14F3N3OS. The summed E-state index contributed by atoms with van der Waals surface area (Å²) in [4.78, 5) is 15.3. The van der Waals surface area contributed by atoms with Gasteiger partial charge < -0.3 is 10.3 Å². The summed E-state index contributed by atoms with van der Waals surface area (Å²) in [6, 6.07) is 13.8. The van der Waals surface area contributed by atoms with Crippen molar-refractivity contribution >= 4 is 18.1 Å². The molecule has 0 unspecified atom stereocenters. The Labute approximate surface area is 152 Å². The van der Waals surface area contributed by atoms with Gasteiger partial charge in [-0.15, -0.1) is 0 Å². The van der Waals surface area contributed by atoms with Crippen molar-refractivity contribution < 1.29 is 18.0 Å². The second kappa shape index (κ2) is 7.17. The molecule has 0 saturated heterocycles. The van der Waals surface area contributed by atoms with E-state index in [1.165, 1.54) is 18.3 Å². The van der Waals surface area contributed by atoms with Crippen molar-refractivity contribution in [1.82, 2.24) is 14.9 Å². The number of aromatic nitrogens is 2. The van der Waals surface area contributed by atoms with Crippen LogP contribution >= 0.6 is 12.2 Å². The molecule has 0 atom stereocenters. The van der Waals surface area contributed by atoms with Crippen LogP contribution < -0.4 is 5.32 Å². The van der Waals surface area contributed by atoms with E-state index in [2.05, 4.69) is 10.3 Å². The molecule has 0 radical (unpaired) electrons. The number of carbonyl (C=O) groups excluding carboxylic acids is 1. The van der Waals surface area contributed by atoms with Gasteiger partial charge in [-0.1, -0.05) is 30.3 Å². The summed E-state index contributed by atoms with van der Waals surface area (Å²) >= 11 is 5.22. The minimum Gasteiger partial charge on any atom is -0.347 e. The fourth-order valence-corrected chi connectivity index (χ4v) is 2.72. The van der Waals surface area contributed by atoms with Gasteiger partial charge >= 0.3 is 6.18 Å². The average molecular weight is 377 g/mol. The average Bonchev–Trinajstić information content (AvgIpc) is 3.01. The van der Waals surface area contributed by atoms with Crippen molar-refractivity contribution in [2.24, 2.45) is 0 Å². The first kappa shape index (κ1) is 17.9. The van der Waals surface area contributed by atoms with E-state index in [9.17, 15) is 18.0 Å². The van der Waals surface area contributed by atoms with E-state index in [1.54, 1.807) is 4.57 Å². The van der Waals surface area contributed by atoms with Crippen LogP contribution in [-0.2, 0) is 12.7 Å². The van der Waals surface area contributed by atoms with Crippen molar-refractivity contribution in [3.05, 3.63) is 82.4 Å². The number of alkyl halides is 3. The van der Waals surface area contributed by atoms with Crippen LogP contribution in [0.1, 0.15) is 21.6 Å². The SMILES string of the molecule is O=C(NCc1ccc(C(F)(F)F)cc1)c1c[nH]c(=S)n1-c1ccccc1. The topological polar surface area (TPSA) is 49.8 Å². The van der Waals surface area contributed by atoms with E-state index in [1.807, 2.05) is 30.3 Å². The Balaban J connectivity index is 1.75. The largest absolute Gasteiger partial charge is 0.416 e. The quantitative estimate of drug-likeness (QED) is 0.659. The lowest BCUT2D eigenvalue weighted by molar-refractivity contribution is -0.137. The highest BCUT2D eigenvalue weighted by Crippen LogP contribution is 2.29. The minimum absolute atomic E-state index is 0.101. The van der Waals surface area contributed by atoms with Gasteiger partial charge in [0.15, 0.2) is 4.77 Å². The zero-order valence-corrected chi connectivity index (χ0v) is 14.2. The van der Waals surface area contributed by atoms with E-state index in [0.717, 1.165) is 17.8 Å². The van der Waals surface area contributed by atoms with Crippen molar-refractivity contribution in [1.29, 1.82) is 0 Å². The molecule has 2 aromatic carbocycles. The lowest BCUT2D eigenvalue weighted by Gasteiger charge is -2.10. The highest BCUT2D eigenvalue weighted by atomic mass is 32.1. The Morgan fingerprint density at radius 1 is 1.08 bits per heavy atom. The van der Waals surface area contributed by atoms with Crippen LogP contribution in [0.4, 0.5) is 13.2 Å². The molecule has 1 amide bonds. The molecule has 0 aliphatic heterocycles. The molecule has 2 N–H and O–H groups in total. The molecule has 8 heteroatoms. The summed E-state index contributed by atoms with van der Waals surface area (Å²) in [5.74, 6) is -0.388. The molecule has 0 fully saturated rings. The Kier molecular flexibility index (Phi) is 4.94. The van der Waals surface area contributed by atoms with E-state index in [4.69, 9.17) is 12.2 Å². The Morgan fingerprint density at radius 2 is 1.73 bits per heavy atom. The maximum Gasteiger partial charge on any atom is 0.416 e. The molecule has 0 spiro atoms. The zero-order chi connectivity index (χ0) is 18.7. The monoisotopic (exact) mass is 377 g/mol. The molecule has 134 valence electrons. The highest BCUT2D eigenvalue weighted by Gasteiger charge is 2.29. The number of amides is 1. The van der Waals surface area contributed by atoms with Crippen LogP contribution in [0, 0.1) is 4.77 Å². The minimum atomic E-state index is -4.38. The maximum absolute atomic E-state index is 12.6. The molecule has 4 nitrogen and oxygen atoms in total. The number of nitrogens with zero attached hydrogens (tertiary/aromatic N) is 1. The van der Waals surface area contributed by atoms with E-state index in [0.29, 0.717) is 16.0 Å². The van der Waals surface area contributed by atoms with Gasteiger partial charge in [-0.2, -0.15) is 13.2 Å². The molecular weight excluding hydrogens is 363 g/mol. The van der Waals surface area contributed by atoms with Gasteiger partial charge in [0.25, 0.3) is 5.91 Å². The first-order chi connectivity index (χ1) is 12.4. The first-order valence-electron chi connectivity index (χ1n) is 7.66. The van der Waals surface area contributed by atoms with Gasteiger partial charge in [0.05, 0.1) is 5.56 Å². The first-order valence-corrected chi connectivity index (χ1v) is 8.07. The van der Waals surface area contributed by atoms with Crippen LogP contribution in [0.25, 0.3) is 5.69 Å². The number of nitrogens with one attached hydrogen (secondary N) is 2. The fraction of sp³-hybridized carbons (Fsp3) is 0.111. The number of carbonyl (C=O) groups is 1. The van der Waals surface area contributed by atoms with Gasteiger partial charge in [0.1, 0.15) is 5.69 Å². The van der Waals surface area contributed by atoms with E-state index < -0.39 is 11.7 Å². The molecule has 1 aromatic heterocycles. The van der Waals surface area contributed by atoms with Crippen molar-refractivity contribution in [2.75, 3.05) is 0 Å². The van der Waals surface area contributed by atoms with Crippen molar-refractivity contribution in [3.8, 4) is 5.69 Å². The molecule has 26 heavy (non-hydrogen) atoms. The second-order valence-electron chi connectivity index (χ2n) is 5.53. The lowest BCUT2D eigenvalue weighted by Crippen LogP contribution is -2.25. The number of hydrogen-bond donors (Lipinski definition) is 2. The Morgan fingerprint density at radius 3 is 2.35 bits per heavy atom. The van der Waals surface area contributed by atoms with Crippen LogP contribution in [0.3, 0.4) is 0 Å². The summed E-state index contributed by atoms with van der Waals surface area (Å²) < 4.78 is 39.7. The van der Waals surface area contributed by atoms with E-state index >= 15 is 0 Å². The number of hydrogen-bond acceptors (Lipinski definition) is 2. The number of rotatable bonds is 4. The summed E-state index contributed by atoms with van der Waals surface area (Å²) in [6.07, 6.45) is -2.88. The standard InChI is InChI=1S/C18H14F3N3OS/c19-18(20,21)13-8-6-12(7-9-13)10-22-16(25)15-11-23-17(26)24(15)14-4-2-1-3-5-14/h1-9,11H,10H2,(H,22,25)(H,23,26). The number of benzene rings is 2. The third-order valence-corrected chi connectivity index (χ3v) is 4.06. The van der Waals surface area contributed by atoms with E-state index in [-0.39, 0.29) is 12.5 Å². The summed E-state index contributed by atoms with van der Waals surface area (Å²) in [5.41, 5.74) is 0.883. The highest BCUT2D eigenvalue weighted by molar-refractivity contribution is 7.71. The molecule has 0 aliphatic rings. The third-order valence-electron chi connectivity index (χ3n) is 3.76.